The molecule has 2 bridgehead atoms. The van der Waals surface area contributed by atoms with Crippen LogP contribution in [0.4, 0.5) is 5.82 Å². The number of anilines is 1. The summed E-state index contributed by atoms with van der Waals surface area (Å²) in [5.74, 6) is 1.54. The standard InChI is InChI=1S/C26H33N5O3/c1-16-22(4-3-5-23(16)34-2)26(33)30-19-12-20-7-8-21(13-19)31(20)24-9-6-17(14-28-24)25(32)29-18-10-11-27-15-18/h3-6,9,14,18-21,27H,7-8,10-13,15H2,1-2H3,(H,29,32)(H,30,33). The van der Waals surface area contributed by atoms with Crippen LogP contribution in [0.1, 0.15) is 58.4 Å². The van der Waals surface area contributed by atoms with Crippen molar-refractivity contribution in [3.63, 3.8) is 0 Å². The molecule has 3 fully saturated rings. The zero-order valence-corrected chi connectivity index (χ0v) is 19.8. The molecular formula is C26H33N5O3. The first-order valence-electron chi connectivity index (χ1n) is 12.2. The van der Waals surface area contributed by atoms with Gasteiger partial charge in [-0.2, -0.15) is 0 Å². The number of hydrogen-bond acceptors (Lipinski definition) is 6. The largest absolute Gasteiger partial charge is 0.496 e. The highest BCUT2D eigenvalue weighted by molar-refractivity contribution is 5.96. The van der Waals surface area contributed by atoms with E-state index in [4.69, 9.17) is 4.74 Å². The van der Waals surface area contributed by atoms with Gasteiger partial charge in [0.1, 0.15) is 11.6 Å². The molecule has 0 saturated carbocycles. The van der Waals surface area contributed by atoms with Gasteiger partial charge in [-0.05, 0) is 69.8 Å². The monoisotopic (exact) mass is 463 g/mol. The number of benzene rings is 1. The van der Waals surface area contributed by atoms with Gasteiger partial charge in [0, 0.05) is 48.0 Å². The van der Waals surface area contributed by atoms with Crippen molar-refractivity contribution in [3.05, 3.63) is 53.2 Å². The molecule has 8 heteroatoms. The minimum Gasteiger partial charge on any atom is -0.496 e. The Kier molecular flexibility index (Phi) is 6.41. The number of ether oxygens (including phenoxy) is 1. The summed E-state index contributed by atoms with van der Waals surface area (Å²) in [4.78, 5) is 32.5. The quantitative estimate of drug-likeness (QED) is 0.609. The lowest BCUT2D eigenvalue weighted by Crippen LogP contribution is -2.50. The third kappa shape index (κ3) is 4.46. The summed E-state index contributed by atoms with van der Waals surface area (Å²) in [6, 6.07) is 10.4. The number of amides is 2. The van der Waals surface area contributed by atoms with E-state index < -0.39 is 0 Å². The Bertz CT molecular complexity index is 1040. The number of aromatic nitrogens is 1. The van der Waals surface area contributed by atoms with Gasteiger partial charge in [0.2, 0.25) is 0 Å². The molecule has 0 radical (unpaired) electrons. The van der Waals surface area contributed by atoms with Crippen LogP contribution in [0.3, 0.4) is 0 Å². The highest BCUT2D eigenvalue weighted by atomic mass is 16.5. The van der Waals surface area contributed by atoms with Gasteiger partial charge in [0.25, 0.3) is 11.8 Å². The van der Waals surface area contributed by atoms with Gasteiger partial charge in [-0.25, -0.2) is 4.98 Å². The number of carbonyl (C=O) groups is 2. The summed E-state index contributed by atoms with van der Waals surface area (Å²) in [6.45, 7) is 3.68. The molecule has 4 heterocycles. The molecule has 3 aliphatic heterocycles. The highest BCUT2D eigenvalue weighted by Crippen LogP contribution is 2.38. The van der Waals surface area contributed by atoms with Gasteiger partial charge >= 0.3 is 0 Å². The van der Waals surface area contributed by atoms with E-state index in [1.54, 1.807) is 13.3 Å². The molecule has 1 aromatic heterocycles. The molecular weight excluding hydrogens is 430 g/mol. The van der Waals surface area contributed by atoms with Crippen molar-refractivity contribution >= 4 is 17.6 Å². The topological polar surface area (TPSA) is 95.6 Å². The summed E-state index contributed by atoms with van der Waals surface area (Å²) in [6.07, 6.45) is 6.62. The summed E-state index contributed by atoms with van der Waals surface area (Å²) in [5, 5.41) is 9.59. The Labute approximate surface area is 200 Å². The Hall–Kier alpha value is -3.13. The number of hydrogen-bond donors (Lipinski definition) is 3. The van der Waals surface area contributed by atoms with Gasteiger partial charge in [0.05, 0.1) is 12.7 Å². The van der Waals surface area contributed by atoms with Gasteiger partial charge < -0.3 is 25.6 Å². The average molecular weight is 464 g/mol. The molecule has 180 valence electrons. The van der Waals surface area contributed by atoms with E-state index in [1.807, 2.05) is 37.3 Å². The number of nitrogens with zero attached hydrogens (tertiary/aromatic N) is 2. The summed E-state index contributed by atoms with van der Waals surface area (Å²) in [7, 11) is 1.62. The predicted molar refractivity (Wildman–Crippen MR) is 130 cm³/mol. The fourth-order valence-electron chi connectivity index (χ4n) is 5.73. The Balaban J connectivity index is 1.22. The predicted octanol–water partition coefficient (Wildman–Crippen LogP) is 2.42. The lowest BCUT2D eigenvalue weighted by Gasteiger charge is -2.40. The van der Waals surface area contributed by atoms with Crippen molar-refractivity contribution in [2.75, 3.05) is 25.1 Å². The molecule has 3 saturated heterocycles. The normalized spacial score (nSPS) is 25.8. The van der Waals surface area contributed by atoms with Crippen molar-refractivity contribution in [1.82, 2.24) is 20.9 Å². The SMILES string of the molecule is COc1cccc(C(=O)NC2CC3CCC(C2)N3c2ccc(C(=O)NC3CCNC3)cn2)c1C. The Morgan fingerprint density at radius 1 is 1.03 bits per heavy atom. The number of nitrogens with one attached hydrogen (secondary N) is 3. The molecule has 2 aromatic rings. The van der Waals surface area contributed by atoms with Gasteiger partial charge in [-0.1, -0.05) is 6.07 Å². The molecule has 8 nitrogen and oxygen atoms in total. The zero-order valence-electron chi connectivity index (χ0n) is 19.8. The van der Waals surface area contributed by atoms with Crippen LogP contribution < -0.4 is 25.6 Å². The molecule has 2 amide bonds. The smallest absolute Gasteiger partial charge is 0.253 e. The fourth-order valence-corrected chi connectivity index (χ4v) is 5.73. The molecule has 0 aliphatic carbocycles. The molecule has 3 N–H and O–H groups in total. The maximum atomic E-state index is 13.0. The molecule has 3 aliphatic rings. The van der Waals surface area contributed by atoms with Crippen LogP contribution in [0, 0.1) is 6.92 Å². The minimum atomic E-state index is -0.0648. The van der Waals surface area contributed by atoms with Crippen LogP contribution in [-0.2, 0) is 0 Å². The second-order valence-corrected chi connectivity index (χ2v) is 9.64. The highest BCUT2D eigenvalue weighted by Gasteiger charge is 2.42. The average Bonchev–Trinajstić information content (AvgIpc) is 3.44. The van der Waals surface area contributed by atoms with Crippen LogP contribution in [-0.4, -0.2) is 61.2 Å². The molecule has 3 unspecified atom stereocenters. The third-order valence-electron chi connectivity index (χ3n) is 7.49. The van der Waals surface area contributed by atoms with E-state index in [1.165, 1.54) is 0 Å². The van der Waals surface area contributed by atoms with Crippen LogP contribution in [0.25, 0.3) is 0 Å². The van der Waals surface area contributed by atoms with Gasteiger partial charge in [0.15, 0.2) is 0 Å². The third-order valence-corrected chi connectivity index (χ3v) is 7.49. The molecule has 5 rings (SSSR count). The number of piperidine rings is 1. The van der Waals surface area contributed by atoms with Crippen molar-refractivity contribution in [1.29, 1.82) is 0 Å². The summed E-state index contributed by atoms with van der Waals surface area (Å²) in [5.41, 5.74) is 2.12. The van der Waals surface area contributed by atoms with Crippen molar-refractivity contribution in [2.24, 2.45) is 0 Å². The van der Waals surface area contributed by atoms with Crippen molar-refractivity contribution < 1.29 is 14.3 Å². The summed E-state index contributed by atoms with van der Waals surface area (Å²) >= 11 is 0. The van der Waals surface area contributed by atoms with E-state index in [9.17, 15) is 9.59 Å². The van der Waals surface area contributed by atoms with Crippen molar-refractivity contribution in [3.8, 4) is 5.75 Å². The number of pyridine rings is 1. The van der Waals surface area contributed by atoms with Gasteiger partial charge in [-0.3, -0.25) is 9.59 Å². The lowest BCUT2D eigenvalue weighted by molar-refractivity contribution is 0.0922. The number of fused-ring (bicyclic) bond motifs is 2. The van der Waals surface area contributed by atoms with E-state index in [0.29, 0.717) is 23.2 Å². The van der Waals surface area contributed by atoms with E-state index in [-0.39, 0.29) is 23.9 Å². The van der Waals surface area contributed by atoms with Gasteiger partial charge in [-0.15, -0.1) is 0 Å². The second kappa shape index (κ2) is 9.62. The molecule has 34 heavy (non-hydrogen) atoms. The first-order chi connectivity index (χ1) is 16.5. The lowest BCUT2D eigenvalue weighted by atomic mass is 9.96. The number of carbonyl (C=O) groups excluding carboxylic acids is 2. The second-order valence-electron chi connectivity index (χ2n) is 9.64. The van der Waals surface area contributed by atoms with Crippen LogP contribution in [0.5, 0.6) is 5.75 Å². The minimum absolute atomic E-state index is 0.0415. The summed E-state index contributed by atoms with van der Waals surface area (Å²) < 4.78 is 5.37. The number of rotatable bonds is 6. The molecule has 0 spiro atoms. The van der Waals surface area contributed by atoms with E-state index in [0.717, 1.165) is 62.3 Å². The fraction of sp³-hybridized carbons (Fsp3) is 0.500. The zero-order chi connectivity index (χ0) is 23.7. The molecule has 3 atom stereocenters. The van der Waals surface area contributed by atoms with E-state index in [2.05, 4.69) is 25.8 Å². The number of methoxy groups -OCH3 is 1. The van der Waals surface area contributed by atoms with Crippen LogP contribution >= 0.6 is 0 Å². The van der Waals surface area contributed by atoms with Crippen LogP contribution in [0.15, 0.2) is 36.5 Å². The first kappa shape index (κ1) is 22.7. The van der Waals surface area contributed by atoms with Crippen molar-refractivity contribution in [2.45, 2.75) is 63.2 Å². The first-order valence-corrected chi connectivity index (χ1v) is 12.2. The maximum Gasteiger partial charge on any atom is 0.253 e. The Morgan fingerprint density at radius 3 is 2.44 bits per heavy atom. The maximum absolute atomic E-state index is 13.0. The molecule has 1 aromatic carbocycles. The van der Waals surface area contributed by atoms with E-state index >= 15 is 0 Å². The Morgan fingerprint density at radius 2 is 1.79 bits per heavy atom. The van der Waals surface area contributed by atoms with Crippen LogP contribution in [0.2, 0.25) is 0 Å².